The van der Waals surface area contributed by atoms with E-state index in [1.165, 1.54) is 12.4 Å². The van der Waals surface area contributed by atoms with Crippen LogP contribution in [0.3, 0.4) is 0 Å². The van der Waals surface area contributed by atoms with Gasteiger partial charge in [-0.15, -0.1) is 0 Å². The Bertz CT molecular complexity index is 711. The lowest BCUT2D eigenvalue weighted by molar-refractivity contribution is -0.138. The van der Waals surface area contributed by atoms with E-state index < -0.39 is 12.0 Å². The molecule has 6 heteroatoms. The molecule has 3 rings (SSSR count). The molecule has 2 heterocycles. The number of nitrogens with one attached hydrogen (secondary N) is 1. The number of aromatic nitrogens is 2. The average Bonchev–Trinajstić information content (AvgIpc) is 2.46. The van der Waals surface area contributed by atoms with Crippen LogP contribution in [0.15, 0.2) is 41.5 Å². The highest BCUT2D eigenvalue weighted by Crippen LogP contribution is 2.26. The Kier molecular flexibility index (Phi) is 2.98. The quantitative estimate of drug-likeness (QED) is 0.843. The summed E-state index contributed by atoms with van der Waals surface area (Å²) >= 11 is 0. The summed E-state index contributed by atoms with van der Waals surface area (Å²) in [5, 5.41) is 9.41. The third-order valence-corrected chi connectivity index (χ3v) is 3.49. The minimum Gasteiger partial charge on any atom is -0.480 e. The van der Waals surface area contributed by atoms with Crippen LogP contribution in [0.5, 0.6) is 0 Å². The molecule has 0 saturated carbocycles. The largest absolute Gasteiger partial charge is 0.480 e. The van der Waals surface area contributed by atoms with Crippen molar-refractivity contribution in [1.82, 2.24) is 9.97 Å². The third kappa shape index (κ3) is 2.16. The fraction of sp³-hybridized carbons (Fsp3) is 0.214. The molecule has 1 aromatic heterocycles. The fourth-order valence-electron chi connectivity index (χ4n) is 2.50. The van der Waals surface area contributed by atoms with Crippen molar-refractivity contribution in [2.45, 2.75) is 19.0 Å². The Balaban J connectivity index is 2.04. The zero-order valence-corrected chi connectivity index (χ0v) is 10.6. The monoisotopic (exact) mass is 271 g/mol. The molecule has 0 aliphatic carbocycles. The molecule has 2 N–H and O–H groups in total. The number of fused-ring (bicyclic) bond motifs is 1. The van der Waals surface area contributed by atoms with E-state index in [1.807, 2.05) is 24.3 Å². The molecule has 0 fully saturated rings. The number of aromatic amines is 1. The molecule has 20 heavy (non-hydrogen) atoms. The minimum atomic E-state index is -0.915. The maximum atomic E-state index is 11.5. The van der Waals surface area contributed by atoms with E-state index in [-0.39, 0.29) is 5.56 Å². The van der Waals surface area contributed by atoms with Gasteiger partial charge in [-0.05, 0) is 11.1 Å². The molecule has 1 atom stereocenters. The number of carbonyl (C=O) groups is 1. The number of nitrogens with zero attached hydrogens (tertiary/aromatic N) is 2. The molecule has 1 unspecified atom stereocenters. The van der Waals surface area contributed by atoms with Gasteiger partial charge in [0.1, 0.15) is 11.9 Å². The molecule has 0 amide bonds. The number of carboxylic acids is 1. The van der Waals surface area contributed by atoms with Crippen LogP contribution < -0.4 is 10.5 Å². The van der Waals surface area contributed by atoms with Gasteiger partial charge in [0.05, 0.1) is 6.33 Å². The van der Waals surface area contributed by atoms with E-state index in [2.05, 4.69) is 9.97 Å². The van der Waals surface area contributed by atoms with E-state index in [4.69, 9.17) is 0 Å². The number of aliphatic carboxylic acids is 1. The fourth-order valence-corrected chi connectivity index (χ4v) is 2.50. The Morgan fingerprint density at radius 2 is 2.10 bits per heavy atom. The standard InChI is InChI=1S/C14H13N3O3/c18-13-6-12(15-8-16-13)17-7-10-4-2-1-3-9(10)5-11(17)14(19)20/h1-4,6,8,11H,5,7H2,(H,19,20)(H,15,16,18). The molecule has 0 spiro atoms. The van der Waals surface area contributed by atoms with Crippen molar-refractivity contribution in [3.8, 4) is 0 Å². The first kappa shape index (κ1) is 12.4. The first-order chi connectivity index (χ1) is 9.65. The van der Waals surface area contributed by atoms with Gasteiger partial charge in [0.25, 0.3) is 5.56 Å². The van der Waals surface area contributed by atoms with E-state index in [0.717, 1.165) is 11.1 Å². The highest BCUT2D eigenvalue weighted by atomic mass is 16.4. The Hall–Kier alpha value is -2.63. The lowest BCUT2D eigenvalue weighted by atomic mass is 9.94. The van der Waals surface area contributed by atoms with E-state index in [0.29, 0.717) is 18.8 Å². The third-order valence-electron chi connectivity index (χ3n) is 3.49. The van der Waals surface area contributed by atoms with Crippen LogP contribution in [0.4, 0.5) is 5.82 Å². The second-order valence-electron chi connectivity index (χ2n) is 4.72. The summed E-state index contributed by atoms with van der Waals surface area (Å²) in [6.45, 7) is 0.434. The van der Waals surface area contributed by atoms with Gasteiger partial charge in [-0.1, -0.05) is 24.3 Å². The summed E-state index contributed by atoms with van der Waals surface area (Å²) in [5.74, 6) is -0.530. The Morgan fingerprint density at radius 1 is 1.35 bits per heavy atom. The molecule has 0 saturated heterocycles. The molecule has 1 aliphatic heterocycles. The smallest absolute Gasteiger partial charge is 0.326 e. The van der Waals surface area contributed by atoms with Crippen LogP contribution in [-0.2, 0) is 17.8 Å². The molecular weight excluding hydrogens is 258 g/mol. The van der Waals surface area contributed by atoms with Crippen molar-refractivity contribution in [3.05, 3.63) is 58.1 Å². The number of rotatable bonds is 2. The van der Waals surface area contributed by atoms with Gasteiger partial charge >= 0.3 is 5.97 Å². The number of carboxylic acid groups (broad SMARTS) is 1. The van der Waals surface area contributed by atoms with E-state index >= 15 is 0 Å². The number of hydrogen-bond acceptors (Lipinski definition) is 4. The van der Waals surface area contributed by atoms with Crippen molar-refractivity contribution in [1.29, 1.82) is 0 Å². The summed E-state index contributed by atoms with van der Waals surface area (Å²) in [6, 6.07) is 8.34. The van der Waals surface area contributed by atoms with Gasteiger partial charge in [0, 0.05) is 19.0 Å². The van der Waals surface area contributed by atoms with Crippen LogP contribution in [0.1, 0.15) is 11.1 Å². The summed E-state index contributed by atoms with van der Waals surface area (Å²) in [4.78, 5) is 31.0. The van der Waals surface area contributed by atoms with E-state index in [1.54, 1.807) is 4.90 Å². The van der Waals surface area contributed by atoms with Gasteiger partial charge in [-0.2, -0.15) is 0 Å². The van der Waals surface area contributed by atoms with Crippen LogP contribution in [0, 0.1) is 0 Å². The number of H-pyrrole nitrogens is 1. The second-order valence-corrected chi connectivity index (χ2v) is 4.72. The van der Waals surface area contributed by atoms with Crippen LogP contribution >= 0.6 is 0 Å². The Morgan fingerprint density at radius 3 is 2.80 bits per heavy atom. The molecule has 1 aliphatic rings. The summed E-state index contributed by atoms with van der Waals surface area (Å²) < 4.78 is 0. The minimum absolute atomic E-state index is 0.294. The topological polar surface area (TPSA) is 86.3 Å². The van der Waals surface area contributed by atoms with Gasteiger partial charge < -0.3 is 15.0 Å². The molecule has 1 aromatic carbocycles. The predicted molar refractivity (Wildman–Crippen MR) is 72.6 cm³/mol. The second kappa shape index (κ2) is 4.80. The van der Waals surface area contributed by atoms with Crippen molar-refractivity contribution >= 4 is 11.8 Å². The van der Waals surface area contributed by atoms with Gasteiger partial charge in [-0.3, -0.25) is 4.79 Å². The molecule has 2 aromatic rings. The van der Waals surface area contributed by atoms with Gasteiger partial charge in [-0.25, -0.2) is 9.78 Å². The molecule has 102 valence electrons. The maximum absolute atomic E-state index is 11.5. The normalized spacial score (nSPS) is 17.6. The predicted octanol–water partition coefficient (Wildman–Crippen LogP) is 0.786. The number of benzene rings is 1. The van der Waals surface area contributed by atoms with Crippen molar-refractivity contribution in [3.63, 3.8) is 0 Å². The van der Waals surface area contributed by atoms with E-state index in [9.17, 15) is 14.7 Å². The van der Waals surface area contributed by atoms with Crippen molar-refractivity contribution in [2.24, 2.45) is 0 Å². The SMILES string of the molecule is O=C(O)C1Cc2ccccc2CN1c1cc(=O)[nH]cn1. The summed E-state index contributed by atoms with van der Waals surface area (Å²) in [6.07, 6.45) is 1.69. The lowest BCUT2D eigenvalue weighted by Crippen LogP contribution is -2.46. The molecule has 0 radical (unpaired) electrons. The number of anilines is 1. The molecule has 0 bridgehead atoms. The van der Waals surface area contributed by atoms with Gasteiger partial charge in [0.15, 0.2) is 0 Å². The zero-order chi connectivity index (χ0) is 14.1. The first-order valence-electron chi connectivity index (χ1n) is 6.26. The first-order valence-corrected chi connectivity index (χ1v) is 6.26. The van der Waals surface area contributed by atoms with Crippen LogP contribution in [-0.4, -0.2) is 27.1 Å². The molecule has 6 nitrogen and oxygen atoms in total. The summed E-state index contributed by atoms with van der Waals surface area (Å²) in [5.41, 5.74) is 1.80. The average molecular weight is 271 g/mol. The van der Waals surface area contributed by atoms with Crippen molar-refractivity contribution < 1.29 is 9.90 Å². The molecular formula is C14H13N3O3. The number of hydrogen-bond donors (Lipinski definition) is 2. The highest BCUT2D eigenvalue weighted by Gasteiger charge is 2.32. The van der Waals surface area contributed by atoms with Crippen molar-refractivity contribution in [2.75, 3.05) is 4.90 Å². The Labute approximate surface area is 114 Å². The van der Waals surface area contributed by atoms with Crippen LogP contribution in [0.25, 0.3) is 0 Å². The lowest BCUT2D eigenvalue weighted by Gasteiger charge is -2.35. The summed E-state index contributed by atoms with van der Waals surface area (Å²) in [7, 11) is 0. The van der Waals surface area contributed by atoms with Gasteiger partial charge in [0.2, 0.25) is 0 Å². The highest BCUT2D eigenvalue weighted by molar-refractivity contribution is 5.79. The maximum Gasteiger partial charge on any atom is 0.326 e. The zero-order valence-electron chi connectivity index (χ0n) is 10.6. The van der Waals surface area contributed by atoms with Crippen LogP contribution in [0.2, 0.25) is 0 Å².